The Labute approximate surface area is 92.6 Å². The van der Waals surface area contributed by atoms with E-state index in [2.05, 4.69) is 11.2 Å². The van der Waals surface area contributed by atoms with E-state index in [-0.39, 0.29) is 18.1 Å². The van der Waals surface area contributed by atoms with Gasteiger partial charge in [0.15, 0.2) is 0 Å². The van der Waals surface area contributed by atoms with Crippen LogP contribution in [0.25, 0.3) is 0 Å². The molecule has 0 aromatic rings. The number of ether oxygens (including phenoxy) is 1. The van der Waals surface area contributed by atoms with Crippen LogP contribution in [0.15, 0.2) is 0 Å². The molecule has 0 spiro atoms. The molecule has 0 radical (unpaired) electrons. The van der Waals surface area contributed by atoms with E-state index in [0.717, 1.165) is 6.42 Å². The first-order chi connectivity index (χ1) is 6.80. The number of esters is 1. The Morgan fingerprint density at radius 3 is 2.40 bits per heavy atom. The van der Waals surface area contributed by atoms with Gasteiger partial charge < -0.3 is 4.74 Å². The second kappa shape index (κ2) is 5.77. The van der Waals surface area contributed by atoms with Gasteiger partial charge in [0.25, 0.3) is 0 Å². The first kappa shape index (κ1) is 14.0. The molecule has 2 atom stereocenters. The molecular weight excluding hydrogens is 190 g/mol. The molecule has 0 rings (SSSR count). The van der Waals surface area contributed by atoms with Crippen LogP contribution >= 0.6 is 0 Å². The summed E-state index contributed by atoms with van der Waals surface area (Å²) in [4.78, 5) is 11.6. The first-order valence-electron chi connectivity index (χ1n) is 5.25. The fourth-order valence-electron chi connectivity index (χ4n) is 1.04. The second-order valence-corrected chi connectivity index (χ2v) is 4.55. The quantitative estimate of drug-likeness (QED) is 0.568. The average molecular weight is 211 g/mol. The van der Waals surface area contributed by atoms with Crippen molar-refractivity contribution >= 4 is 5.97 Å². The SMILES string of the molecule is C#CC(CC)NC(C)C(=O)OC(C)(C)C. The van der Waals surface area contributed by atoms with Crippen LogP contribution in [0, 0.1) is 12.3 Å². The summed E-state index contributed by atoms with van der Waals surface area (Å²) in [6.07, 6.45) is 6.09. The third kappa shape index (κ3) is 6.14. The maximum absolute atomic E-state index is 11.6. The molecule has 0 fully saturated rings. The minimum absolute atomic E-state index is 0.0764. The maximum atomic E-state index is 11.6. The summed E-state index contributed by atoms with van der Waals surface area (Å²) in [5.41, 5.74) is -0.453. The van der Waals surface area contributed by atoms with Crippen molar-refractivity contribution in [3.05, 3.63) is 0 Å². The monoisotopic (exact) mass is 211 g/mol. The molecule has 3 heteroatoms. The van der Waals surface area contributed by atoms with Gasteiger partial charge in [0.2, 0.25) is 0 Å². The minimum Gasteiger partial charge on any atom is -0.459 e. The lowest BCUT2D eigenvalue weighted by Crippen LogP contribution is -2.43. The van der Waals surface area contributed by atoms with Crippen molar-refractivity contribution in [1.29, 1.82) is 0 Å². The van der Waals surface area contributed by atoms with E-state index in [1.807, 2.05) is 27.7 Å². The molecular formula is C12H21NO2. The molecule has 0 amide bonds. The van der Waals surface area contributed by atoms with E-state index in [0.29, 0.717) is 0 Å². The maximum Gasteiger partial charge on any atom is 0.323 e. The molecule has 0 aromatic heterocycles. The van der Waals surface area contributed by atoms with Crippen LogP contribution in [0.3, 0.4) is 0 Å². The van der Waals surface area contributed by atoms with Crippen molar-refractivity contribution in [2.45, 2.75) is 58.7 Å². The van der Waals surface area contributed by atoms with Gasteiger partial charge >= 0.3 is 5.97 Å². The standard InChI is InChI=1S/C12H21NO2/c1-7-10(8-2)13-9(3)11(14)15-12(4,5)6/h1,9-10,13H,8H2,2-6H3. The number of carbonyl (C=O) groups excluding carboxylic acids is 1. The Balaban J connectivity index is 4.17. The van der Waals surface area contributed by atoms with Crippen molar-refractivity contribution in [2.75, 3.05) is 0 Å². The van der Waals surface area contributed by atoms with Crippen molar-refractivity contribution in [3.8, 4) is 12.3 Å². The van der Waals surface area contributed by atoms with Gasteiger partial charge in [-0.2, -0.15) is 0 Å². The molecule has 2 unspecified atom stereocenters. The van der Waals surface area contributed by atoms with Crippen LogP contribution < -0.4 is 5.32 Å². The van der Waals surface area contributed by atoms with Crippen LogP contribution in [-0.2, 0) is 9.53 Å². The number of rotatable bonds is 4. The van der Waals surface area contributed by atoms with Crippen molar-refractivity contribution in [1.82, 2.24) is 5.32 Å². The normalized spacial score (nSPS) is 15.2. The summed E-state index contributed by atoms with van der Waals surface area (Å²) in [7, 11) is 0. The van der Waals surface area contributed by atoms with E-state index < -0.39 is 5.60 Å². The fourth-order valence-corrected chi connectivity index (χ4v) is 1.04. The largest absolute Gasteiger partial charge is 0.459 e. The minimum atomic E-state index is -0.453. The second-order valence-electron chi connectivity index (χ2n) is 4.55. The summed E-state index contributed by atoms with van der Waals surface area (Å²) in [6.45, 7) is 9.26. The molecule has 0 bridgehead atoms. The van der Waals surface area contributed by atoms with Crippen LogP contribution in [0.2, 0.25) is 0 Å². The lowest BCUT2D eigenvalue weighted by Gasteiger charge is -2.24. The number of hydrogen-bond donors (Lipinski definition) is 1. The summed E-state index contributed by atoms with van der Waals surface area (Å²) >= 11 is 0. The highest BCUT2D eigenvalue weighted by molar-refractivity contribution is 5.75. The van der Waals surface area contributed by atoms with Gasteiger partial charge in [-0.15, -0.1) is 6.42 Å². The van der Waals surface area contributed by atoms with Gasteiger partial charge in [0, 0.05) is 0 Å². The molecule has 86 valence electrons. The predicted molar refractivity (Wildman–Crippen MR) is 61.4 cm³/mol. The molecule has 0 aliphatic heterocycles. The third-order valence-electron chi connectivity index (χ3n) is 1.82. The van der Waals surface area contributed by atoms with E-state index in [9.17, 15) is 4.79 Å². The number of hydrogen-bond acceptors (Lipinski definition) is 3. The Morgan fingerprint density at radius 2 is 2.07 bits per heavy atom. The zero-order valence-corrected chi connectivity index (χ0v) is 10.3. The number of nitrogens with one attached hydrogen (secondary N) is 1. The smallest absolute Gasteiger partial charge is 0.323 e. The van der Waals surface area contributed by atoms with Gasteiger partial charge in [-0.25, -0.2) is 0 Å². The van der Waals surface area contributed by atoms with Crippen LogP contribution in [-0.4, -0.2) is 23.7 Å². The van der Waals surface area contributed by atoms with Gasteiger partial charge in [0.05, 0.1) is 6.04 Å². The van der Waals surface area contributed by atoms with E-state index in [1.54, 1.807) is 6.92 Å². The molecule has 0 aliphatic carbocycles. The highest BCUT2D eigenvalue weighted by atomic mass is 16.6. The number of carbonyl (C=O) groups is 1. The fraction of sp³-hybridized carbons (Fsp3) is 0.750. The van der Waals surface area contributed by atoms with Gasteiger partial charge in [-0.3, -0.25) is 10.1 Å². The first-order valence-corrected chi connectivity index (χ1v) is 5.25. The summed E-state index contributed by atoms with van der Waals surface area (Å²) in [6, 6.07) is -0.447. The Hall–Kier alpha value is -1.01. The highest BCUT2D eigenvalue weighted by Gasteiger charge is 2.22. The summed E-state index contributed by atoms with van der Waals surface area (Å²) in [5, 5.41) is 3.03. The van der Waals surface area contributed by atoms with E-state index >= 15 is 0 Å². The van der Waals surface area contributed by atoms with Crippen LogP contribution in [0.5, 0.6) is 0 Å². The van der Waals surface area contributed by atoms with Gasteiger partial charge in [-0.05, 0) is 34.1 Å². The molecule has 1 N–H and O–H groups in total. The topological polar surface area (TPSA) is 38.3 Å². The predicted octanol–water partition coefficient (Wildman–Crippen LogP) is 1.72. The Kier molecular flexibility index (Phi) is 5.38. The lowest BCUT2D eigenvalue weighted by molar-refractivity contribution is -0.157. The average Bonchev–Trinajstić information content (AvgIpc) is 2.10. The van der Waals surface area contributed by atoms with Crippen LogP contribution in [0.4, 0.5) is 0 Å². The lowest BCUT2D eigenvalue weighted by atomic mass is 10.1. The van der Waals surface area contributed by atoms with Crippen LogP contribution in [0.1, 0.15) is 41.0 Å². The third-order valence-corrected chi connectivity index (χ3v) is 1.82. The molecule has 15 heavy (non-hydrogen) atoms. The van der Waals surface area contributed by atoms with Crippen molar-refractivity contribution in [2.24, 2.45) is 0 Å². The Bertz CT molecular complexity index is 247. The molecule has 0 saturated carbocycles. The van der Waals surface area contributed by atoms with Gasteiger partial charge in [0.1, 0.15) is 11.6 Å². The summed E-state index contributed by atoms with van der Waals surface area (Å²) < 4.78 is 5.22. The zero-order valence-electron chi connectivity index (χ0n) is 10.3. The highest BCUT2D eigenvalue weighted by Crippen LogP contribution is 2.08. The van der Waals surface area contributed by atoms with E-state index in [1.165, 1.54) is 0 Å². The molecule has 0 saturated heterocycles. The van der Waals surface area contributed by atoms with Crippen molar-refractivity contribution < 1.29 is 9.53 Å². The molecule has 3 nitrogen and oxygen atoms in total. The van der Waals surface area contributed by atoms with Gasteiger partial charge in [-0.1, -0.05) is 12.8 Å². The molecule has 0 aliphatic rings. The number of terminal acetylenes is 1. The Morgan fingerprint density at radius 1 is 1.53 bits per heavy atom. The van der Waals surface area contributed by atoms with Crippen molar-refractivity contribution in [3.63, 3.8) is 0 Å². The van der Waals surface area contributed by atoms with E-state index in [4.69, 9.17) is 11.2 Å². The molecule has 0 aromatic carbocycles. The summed E-state index contributed by atoms with van der Waals surface area (Å²) in [5.74, 6) is 2.31. The zero-order chi connectivity index (χ0) is 12.1. The molecule has 0 heterocycles.